The second kappa shape index (κ2) is 8.66. The van der Waals surface area contributed by atoms with Gasteiger partial charge in [-0.2, -0.15) is 0 Å². The van der Waals surface area contributed by atoms with Crippen LogP contribution in [0.1, 0.15) is 30.4 Å². The highest BCUT2D eigenvalue weighted by molar-refractivity contribution is 5.88. The van der Waals surface area contributed by atoms with Crippen molar-refractivity contribution in [2.75, 3.05) is 7.11 Å². The van der Waals surface area contributed by atoms with E-state index in [9.17, 15) is 14.0 Å². The highest BCUT2D eigenvalue weighted by atomic mass is 19.1. The lowest BCUT2D eigenvalue weighted by atomic mass is 9.99. The van der Waals surface area contributed by atoms with Crippen LogP contribution in [0.4, 0.5) is 4.39 Å². The van der Waals surface area contributed by atoms with Gasteiger partial charge >= 0.3 is 0 Å². The van der Waals surface area contributed by atoms with Crippen molar-refractivity contribution in [2.24, 2.45) is 0 Å². The Labute approximate surface area is 158 Å². The summed E-state index contributed by atoms with van der Waals surface area (Å²) in [6, 6.07) is 13.0. The predicted molar refractivity (Wildman–Crippen MR) is 99.4 cm³/mol. The molecule has 27 heavy (non-hydrogen) atoms. The molecule has 2 aromatic carbocycles. The summed E-state index contributed by atoms with van der Waals surface area (Å²) in [4.78, 5) is 26.8. The maximum atomic E-state index is 13.1. The summed E-state index contributed by atoms with van der Waals surface area (Å²) < 4.78 is 18.4. The minimum absolute atomic E-state index is 0.0528. The summed E-state index contributed by atoms with van der Waals surface area (Å²) in [5.41, 5.74) is 1.68. The van der Waals surface area contributed by atoms with Gasteiger partial charge in [0.15, 0.2) is 0 Å². The quantitative estimate of drug-likeness (QED) is 0.850. The fourth-order valence-electron chi connectivity index (χ4n) is 3.33. The molecule has 0 aromatic heterocycles. The number of carbonyl (C=O) groups excluding carboxylic acids is 2. The second-order valence-electron chi connectivity index (χ2n) is 6.59. The third-order valence-corrected chi connectivity index (χ3v) is 4.78. The van der Waals surface area contributed by atoms with Crippen molar-refractivity contribution in [2.45, 2.75) is 38.4 Å². The fraction of sp³-hybridized carbons (Fsp3) is 0.333. The highest BCUT2D eigenvalue weighted by Crippen LogP contribution is 2.22. The number of carbonyl (C=O) groups is 2. The summed E-state index contributed by atoms with van der Waals surface area (Å²) in [5, 5.41) is 2.92. The molecule has 6 heteroatoms. The first kappa shape index (κ1) is 18.9. The third-order valence-electron chi connectivity index (χ3n) is 4.78. The van der Waals surface area contributed by atoms with Gasteiger partial charge in [0, 0.05) is 25.1 Å². The molecule has 0 bridgehead atoms. The van der Waals surface area contributed by atoms with Crippen LogP contribution in [0.5, 0.6) is 5.75 Å². The number of halogens is 1. The zero-order valence-corrected chi connectivity index (χ0v) is 15.3. The molecule has 1 heterocycles. The van der Waals surface area contributed by atoms with E-state index >= 15 is 0 Å². The minimum atomic E-state index is -0.522. The van der Waals surface area contributed by atoms with Crippen molar-refractivity contribution in [1.82, 2.24) is 10.2 Å². The van der Waals surface area contributed by atoms with E-state index in [0.717, 1.165) is 11.1 Å². The fourth-order valence-corrected chi connectivity index (χ4v) is 3.33. The van der Waals surface area contributed by atoms with Gasteiger partial charge in [0.05, 0.1) is 7.11 Å². The van der Waals surface area contributed by atoms with E-state index in [-0.39, 0.29) is 17.6 Å². The number of ether oxygens (including phenoxy) is 1. The number of benzene rings is 2. The minimum Gasteiger partial charge on any atom is -0.496 e. The van der Waals surface area contributed by atoms with Gasteiger partial charge in [0.25, 0.3) is 0 Å². The van der Waals surface area contributed by atoms with Crippen LogP contribution in [0, 0.1) is 5.82 Å². The summed E-state index contributed by atoms with van der Waals surface area (Å²) in [5.74, 6) is 0.148. The molecule has 1 N–H and O–H groups in total. The molecule has 0 aliphatic carbocycles. The van der Waals surface area contributed by atoms with Crippen molar-refractivity contribution in [3.05, 3.63) is 65.5 Å². The number of piperidine rings is 1. The first-order valence-corrected chi connectivity index (χ1v) is 9.02. The van der Waals surface area contributed by atoms with Crippen LogP contribution >= 0.6 is 0 Å². The Kier molecular flexibility index (Phi) is 6.06. The maximum Gasteiger partial charge on any atom is 0.243 e. The predicted octanol–water partition coefficient (Wildman–Crippen LogP) is 3.03. The lowest BCUT2D eigenvalue weighted by Crippen LogP contribution is -2.51. The molecule has 1 fully saturated rings. The molecule has 0 spiro atoms. The van der Waals surface area contributed by atoms with Gasteiger partial charge in [-0.25, -0.2) is 4.39 Å². The largest absolute Gasteiger partial charge is 0.496 e. The first-order chi connectivity index (χ1) is 13.1. The molecular weight excluding hydrogens is 347 g/mol. The summed E-state index contributed by atoms with van der Waals surface area (Å²) in [6.45, 7) is 0.629. The average Bonchev–Trinajstić information content (AvgIpc) is 2.69. The Balaban J connectivity index is 1.68. The van der Waals surface area contributed by atoms with Crippen LogP contribution in [-0.4, -0.2) is 29.9 Å². The molecule has 5 nitrogen and oxygen atoms in total. The van der Waals surface area contributed by atoms with Gasteiger partial charge in [-0.15, -0.1) is 0 Å². The van der Waals surface area contributed by atoms with Crippen LogP contribution in [-0.2, 0) is 22.7 Å². The lowest BCUT2D eigenvalue weighted by molar-refractivity contribution is -0.144. The third kappa shape index (κ3) is 4.64. The number of nitrogens with one attached hydrogen (secondary N) is 1. The maximum absolute atomic E-state index is 13.1. The van der Waals surface area contributed by atoms with Crippen LogP contribution in [0.3, 0.4) is 0 Å². The molecule has 1 atom stereocenters. The molecule has 3 rings (SSSR count). The average molecular weight is 370 g/mol. The molecule has 0 saturated carbocycles. The number of amides is 2. The van der Waals surface area contributed by atoms with Crippen molar-refractivity contribution < 1.29 is 18.7 Å². The van der Waals surface area contributed by atoms with Crippen molar-refractivity contribution >= 4 is 11.8 Å². The standard InChI is InChI=1S/C21H23FN2O3/c1-27-19-7-3-2-5-16(19)13-23-21(26)18-6-4-8-20(25)24(18)14-15-9-11-17(22)12-10-15/h2-3,5,7,9-12,18H,4,6,8,13-14H2,1H3,(H,23,26). The number of rotatable bonds is 6. The van der Waals surface area contributed by atoms with Gasteiger partial charge in [-0.3, -0.25) is 9.59 Å². The van der Waals surface area contributed by atoms with Gasteiger partial charge in [0.2, 0.25) is 11.8 Å². The van der Waals surface area contributed by atoms with E-state index < -0.39 is 6.04 Å². The Morgan fingerprint density at radius 2 is 1.96 bits per heavy atom. The number of methoxy groups -OCH3 is 1. The number of likely N-dealkylation sites (tertiary alicyclic amines) is 1. The molecule has 1 unspecified atom stereocenters. The van der Waals surface area contributed by atoms with Gasteiger partial charge in [-0.05, 0) is 36.6 Å². The van der Waals surface area contributed by atoms with E-state index in [1.54, 1.807) is 24.1 Å². The summed E-state index contributed by atoms with van der Waals surface area (Å²) in [7, 11) is 1.59. The molecule has 0 radical (unpaired) electrons. The first-order valence-electron chi connectivity index (χ1n) is 9.02. The molecule has 1 aliphatic rings. The van der Waals surface area contributed by atoms with Crippen molar-refractivity contribution in [1.29, 1.82) is 0 Å². The van der Waals surface area contributed by atoms with E-state index in [0.29, 0.717) is 38.1 Å². The zero-order valence-electron chi connectivity index (χ0n) is 15.3. The van der Waals surface area contributed by atoms with Gasteiger partial charge in [0.1, 0.15) is 17.6 Å². The number of nitrogens with zero attached hydrogens (tertiary/aromatic N) is 1. The molecule has 1 saturated heterocycles. The van der Waals surface area contributed by atoms with Gasteiger partial charge in [-0.1, -0.05) is 30.3 Å². The van der Waals surface area contributed by atoms with Crippen LogP contribution < -0.4 is 10.1 Å². The SMILES string of the molecule is COc1ccccc1CNC(=O)C1CCCC(=O)N1Cc1ccc(F)cc1. The Hall–Kier alpha value is -2.89. The number of para-hydroxylation sites is 1. The molecule has 2 amide bonds. The van der Waals surface area contributed by atoms with E-state index in [1.807, 2.05) is 24.3 Å². The van der Waals surface area contributed by atoms with Gasteiger partial charge < -0.3 is 15.0 Å². The van der Waals surface area contributed by atoms with Crippen molar-refractivity contribution in [3.8, 4) is 5.75 Å². The van der Waals surface area contributed by atoms with Crippen molar-refractivity contribution in [3.63, 3.8) is 0 Å². The number of hydrogen-bond donors (Lipinski definition) is 1. The van der Waals surface area contributed by atoms with Crippen LogP contribution in [0.15, 0.2) is 48.5 Å². The molecular formula is C21H23FN2O3. The van der Waals surface area contributed by atoms with E-state index in [1.165, 1.54) is 12.1 Å². The highest BCUT2D eigenvalue weighted by Gasteiger charge is 2.33. The van der Waals surface area contributed by atoms with Crippen LogP contribution in [0.2, 0.25) is 0 Å². The topological polar surface area (TPSA) is 58.6 Å². The Bertz CT molecular complexity index is 807. The Morgan fingerprint density at radius 3 is 2.70 bits per heavy atom. The monoisotopic (exact) mass is 370 g/mol. The van der Waals surface area contributed by atoms with E-state index in [2.05, 4.69) is 5.32 Å². The molecule has 1 aliphatic heterocycles. The normalized spacial score (nSPS) is 16.9. The summed E-state index contributed by atoms with van der Waals surface area (Å²) in [6.07, 6.45) is 1.73. The second-order valence-corrected chi connectivity index (χ2v) is 6.59. The number of hydrogen-bond acceptors (Lipinski definition) is 3. The zero-order chi connectivity index (χ0) is 19.2. The smallest absolute Gasteiger partial charge is 0.243 e. The van der Waals surface area contributed by atoms with E-state index in [4.69, 9.17) is 4.74 Å². The molecule has 2 aromatic rings. The summed E-state index contributed by atoms with van der Waals surface area (Å²) >= 11 is 0. The lowest BCUT2D eigenvalue weighted by Gasteiger charge is -2.34. The molecule has 142 valence electrons. The Morgan fingerprint density at radius 1 is 1.22 bits per heavy atom. The van der Waals surface area contributed by atoms with Crippen LogP contribution in [0.25, 0.3) is 0 Å².